The van der Waals surface area contributed by atoms with Crippen molar-refractivity contribution in [3.8, 4) is 0 Å². The van der Waals surface area contributed by atoms with Crippen LogP contribution in [0.4, 0.5) is 10.5 Å². The van der Waals surface area contributed by atoms with E-state index in [1.165, 1.54) is 0 Å². The zero-order valence-corrected chi connectivity index (χ0v) is 13.9. The lowest BCUT2D eigenvalue weighted by molar-refractivity contribution is -0.137. The van der Waals surface area contributed by atoms with Crippen molar-refractivity contribution in [2.45, 2.75) is 25.3 Å². The van der Waals surface area contributed by atoms with Crippen LogP contribution in [0.3, 0.4) is 0 Å². The summed E-state index contributed by atoms with van der Waals surface area (Å²) in [5.74, 6) is -0.713. The molecule has 0 radical (unpaired) electrons. The molecule has 114 valence electrons. The summed E-state index contributed by atoms with van der Waals surface area (Å²) in [5.41, 5.74) is 0.295. The van der Waals surface area contributed by atoms with Gasteiger partial charge in [0.2, 0.25) is 0 Å². The summed E-state index contributed by atoms with van der Waals surface area (Å²) in [6, 6.07) is 2.33. The quantitative estimate of drug-likeness (QED) is 0.701. The summed E-state index contributed by atoms with van der Waals surface area (Å²) < 4.78 is 0.699. The molecule has 5 nitrogen and oxygen atoms in total. The number of nitrogens with one attached hydrogen (secondary N) is 2. The minimum Gasteiger partial charge on any atom is -0.481 e. The van der Waals surface area contributed by atoms with Gasteiger partial charge in [0.25, 0.3) is 0 Å². The molecule has 1 saturated carbocycles. The molecule has 1 unspecified atom stereocenters. The number of amides is 2. The summed E-state index contributed by atoms with van der Waals surface area (Å²) in [6.07, 6.45) is 1.76. The monoisotopic (exact) mass is 394 g/mol. The lowest BCUT2D eigenvalue weighted by Crippen LogP contribution is -2.40. The molecule has 3 N–H and O–H groups in total. The molecule has 1 fully saturated rings. The molecule has 2 amide bonds. The van der Waals surface area contributed by atoms with E-state index in [1.807, 2.05) is 0 Å². The minimum atomic E-state index is -0.938. The van der Waals surface area contributed by atoms with Gasteiger partial charge in [-0.15, -0.1) is 0 Å². The first-order valence-corrected chi connectivity index (χ1v) is 7.85. The topological polar surface area (TPSA) is 78.4 Å². The Morgan fingerprint density at radius 1 is 1.33 bits per heavy atom. The molecular formula is C13H13BrCl2N2O3. The molecule has 0 bridgehead atoms. The van der Waals surface area contributed by atoms with Gasteiger partial charge in [-0.3, -0.25) is 4.79 Å². The minimum absolute atomic E-state index is 0.0973. The molecule has 0 heterocycles. The van der Waals surface area contributed by atoms with Crippen molar-refractivity contribution in [1.29, 1.82) is 0 Å². The van der Waals surface area contributed by atoms with Crippen molar-refractivity contribution in [2.75, 3.05) is 5.32 Å². The van der Waals surface area contributed by atoms with Gasteiger partial charge in [0, 0.05) is 10.5 Å². The Hall–Kier alpha value is -0.980. The van der Waals surface area contributed by atoms with Crippen molar-refractivity contribution in [3.05, 3.63) is 26.7 Å². The predicted octanol–water partition coefficient (Wildman–Crippen LogP) is 4.13. The van der Waals surface area contributed by atoms with Gasteiger partial charge in [-0.25, -0.2) is 4.79 Å². The van der Waals surface area contributed by atoms with Gasteiger partial charge in [-0.1, -0.05) is 39.1 Å². The number of hydrogen-bond donors (Lipinski definition) is 3. The first kappa shape index (κ1) is 16.4. The molecule has 2 rings (SSSR count). The molecule has 1 aliphatic rings. The summed E-state index contributed by atoms with van der Waals surface area (Å²) in [5, 5.41) is 14.7. The summed E-state index contributed by atoms with van der Waals surface area (Å²) in [7, 11) is 0. The smallest absolute Gasteiger partial charge is 0.319 e. The fourth-order valence-corrected chi connectivity index (χ4v) is 3.30. The number of carbonyl (C=O) groups is 2. The van der Waals surface area contributed by atoms with Gasteiger partial charge in [0.1, 0.15) is 0 Å². The van der Waals surface area contributed by atoms with Crippen LogP contribution in [-0.4, -0.2) is 23.1 Å². The Morgan fingerprint density at radius 3 is 2.38 bits per heavy atom. The molecule has 1 atom stereocenters. The molecule has 0 aromatic heterocycles. The molecule has 8 heteroatoms. The summed E-state index contributed by atoms with van der Waals surface area (Å²) in [6.45, 7) is 0. The molecule has 0 aliphatic heterocycles. The third kappa shape index (κ3) is 4.76. The van der Waals surface area contributed by atoms with E-state index in [0.717, 1.165) is 12.8 Å². The van der Waals surface area contributed by atoms with Crippen molar-refractivity contribution in [2.24, 2.45) is 5.92 Å². The second-order valence-electron chi connectivity index (χ2n) is 4.88. The highest BCUT2D eigenvalue weighted by Crippen LogP contribution is 2.35. The largest absolute Gasteiger partial charge is 0.481 e. The van der Waals surface area contributed by atoms with E-state index < -0.39 is 12.0 Å². The van der Waals surface area contributed by atoms with Crippen molar-refractivity contribution in [1.82, 2.24) is 5.32 Å². The Morgan fingerprint density at radius 2 is 1.90 bits per heavy atom. The number of anilines is 1. The van der Waals surface area contributed by atoms with Gasteiger partial charge >= 0.3 is 12.0 Å². The number of carboxylic acid groups (broad SMARTS) is 1. The molecule has 0 spiro atoms. The number of urea groups is 1. The summed E-state index contributed by atoms with van der Waals surface area (Å²) >= 11 is 15.3. The summed E-state index contributed by atoms with van der Waals surface area (Å²) in [4.78, 5) is 22.8. The van der Waals surface area contributed by atoms with E-state index in [1.54, 1.807) is 12.1 Å². The molecule has 1 aromatic carbocycles. The first-order valence-electron chi connectivity index (χ1n) is 6.30. The maximum absolute atomic E-state index is 12.0. The van der Waals surface area contributed by atoms with E-state index in [-0.39, 0.29) is 18.4 Å². The lowest BCUT2D eigenvalue weighted by atomic mass is 10.1. The van der Waals surface area contributed by atoms with Gasteiger partial charge in [0.05, 0.1) is 22.2 Å². The Labute approximate surface area is 140 Å². The van der Waals surface area contributed by atoms with E-state index in [2.05, 4.69) is 26.6 Å². The van der Waals surface area contributed by atoms with Crippen LogP contribution in [0.15, 0.2) is 16.6 Å². The second kappa shape index (κ2) is 6.85. The van der Waals surface area contributed by atoms with Gasteiger partial charge in [0.15, 0.2) is 0 Å². The van der Waals surface area contributed by atoms with Crippen LogP contribution in [0, 0.1) is 5.92 Å². The van der Waals surface area contributed by atoms with Crippen LogP contribution in [-0.2, 0) is 4.79 Å². The van der Waals surface area contributed by atoms with Crippen molar-refractivity contribution >= 4 is 56.8 Å². The maximum Gasteiger partial charge on any atom is 0.319 e. The molecular weight excluding hydrogens is 383 g/mol. The van der Waals surface area contributed by atoms with Gasteiger partial charge in [-0.05, 0) is 30.9 Å². The lowest BCUT2D eigenvalue weighted by Gasteiger charge is -2.17. The molecule has 1 aliphatic carbocycles. The number of rotatable bonds is 5. The molecule has 0 saturated heterocycles. The average molecular weight is 396 g/mol. The number of benzene rings is 1. The van der Waals surface area contributed by atoms with Crippen molar-refractivity contribution < 1.29 is 14.7 Å². The molecule has 21 heavy (non-hydrogen) atoms. The number of carbonyl (C=O) groups excluding carboxylic acids is 1. The van der Waals surface area contributed by atoms with Crippen LogP contribution in [0.1, 0.15) is 19.3 Å². The van der Waals surface area contributed by atoms with Crippen molar-refractivity contribution in [3.63, 3.8) is 0 Å². The van der Waals surface area contributed by atoms with E-state index in [4.69, 9.17) is 28.3 Å². The van der Waals surface area contributed by atoms with E-state index in [0.29, 0.717) is 20.2 Å². The Kier molecular flexibility index (Phi) is 5.35. The van der Waals surface area contributed by atoms with Crippen LogP contribution in [0.2, 0.25) is 10.0 Å². The maximum atomic E-state index is 12.0. The van der Waals surface area contributed by atoms with Crippen LogP contribution >= 0.6 is 39.1 Å². The third-order valence-electron chi connectivity index (χ3n) is 3.15. The van der Waals surface area contributed by atoms with E-state index >= 15 is 0 Å². The Bertz CT molecular complexity index is 556. The standard InChI is InChI=1S/C13H13BrCl2N2O3/c14-7-3-8(15)12(9(16)4-7)18-13(21)17-10(5-11(19)20)6-1-2-6/h3-4,6,10H,1-2,5H2,(H,19,20)(H2,17,18,21). The van der Waals surface area contributed by atoms with E-state index in [9.17, 15) is 9.59 Å². The van der Waals surface area contributed by atoms with Crippen LogP contribution in [0.25, 0.3) is 0 Å². The average Bonchev–Trinajstić information content (AvgIpc) is 3.16. The third-order valence-corrected chi connectivity index (χ3v) is 4.20. The highest BCUT2D eigenvalue weighted by atomic mass is 79.9. The highest BCUT2D eigenvalue weighted by Gasteiger charge is 2.33. The zero-order valence-electron chi connectivity index (χ0n) is 10.8. The van der Waals surface area contributed by atoms with Gasteiger partial charge in [-0.2, -0.15) is 0 Å². The van der Waals surface area contributed by atoms with Gasteiger partial charge < -0.3 is 15.7 Å². The Balaban J connectivity index is 2.02. The highest BCUT2D eigenvalue weighted by molar-refractivity contribution is 9.10. The number of carboxylic acids is 1. The fraction of sp³-hybridized carbons (Fsp3) is 0.385. The predicted molar refractivity (Wildman–Crippen MR) is 85.1 cm³/mol. The van der Waals surface area contributed by atoms with Crippen LogP contribution in [0.5, 0.6) is 0 Å². The zero-order chi connectivity index (χ0) is 15.6. The number of aliphatic carboxylic acids is 1. The van der Waals surface area contributed by atoms with Crippen LogP contribution < -0.4 is 10.6 Å². The SMILES string of the molecule is O=C(O)CC(NC(=O)Nc1c(Cl)cc(Br)cc1Cl)C1CC1. The first-order chi connectivity index (χ1) is 9.86. The fourth-order valence-electron chi connectivity index (χ4n) is 2.00. The second-order valence-corrected chi connectivity index (χ2v) is 6.61. The normalized spacial score (nSPS) is 15.4. The number of halogens is 3. The molecule has 1 aromatic rings. The number of hydrogen-bond acceptors (Lipinski definition) is 2.